The van der Waals surface area contributed by atoms with Crippen LogP contribution in [0.5, 0.6) is 0 Å². The molecule has 86 valence electrons. The lowest BCUT2D eigenvalue weighted by Gasteiger charge is -2.26. The molecule has 3 atom stereocenters. The summed E-state index contributed by atoms with van der Waals surface area (Å²) in [7, 11) is 0. The van der Waals surface area contributed by atoms with E-state index in [1.54, 1.807) is 0 Å². The van der Waals surface area contributed by atoms with Crippen LogP contribution in [0.25, 0.3) is 0 Å². The zero-order valence-corrected chi connectivity index (χ0v) is 8.89. The number of hydrogen-bond donors (Lipinski definition) is 1. The second kappa shape index (κ2) is 4.37. The van der Waals surface area contributed by atoms with Crippen molar-refractivity contribution in [1.82, 2.24) is 4.90 Å². The average Bonchev–Trinajstić information content (AvgIpc) is 2.97. The fraction of sp³-hybridized carbons (Fsp3) is 0.900. The summed E-state index contributed by atoms with van der Waals surface area (Å²) in [6.45, 7) is 3.37. The third kappa shape index (κ3) is 2.41. The molecule has 0 unspecified atom stereocenters. The molecule has 0 aromatic carbocycles. The number of β-amino-alcohol motifs (C(OH)–C–C–N with tert-alkyl or cyclic N) is 1. The van der Waals surface area contributed by atoms with E-state index in [-0.39, 0.29) is 18.3 Å². The Morgan fingerprint density at radius 1 is 1.60 bits per heavy atom. The van der Waals surface area contributed by atoms with Crippen molar-refractivity contribution in [1.29, 1.82) is 0 Å². The number of carbonyl (C=O) groups is 1. The van der Waals surface area contributed by atoms with Crippen LogP contribution in [0.3, 0.4) is 0 Å². The number of nitrogens with zero attached hydrogens (tertiary/aromatic N) is 1. The van der Waals surface area contributed by atoms with Gasteiger partial charge in [-0.15, -0.1) is 0 Å². The first-order valence-corrected chi connectivity index (χ1v) is 5.47. The van der Waals surface area contributed by atoms with Crippen LogP contribution in [-0.2, 0) is 9.47 Å². The van der Waals surface area contributed by atoms with E-state index < -0.39 is 6.10 Å². The number of aliphatic hydroxyl groups excluding tert-OH is 1. The van der Waals surface area contributed by atoms with Crippen molar-refractivity contribution in [3.63, 3.8) is 0 Å². The first-order valence-electron chi connectivity index (χ1n) is 5.47. The number of carbonyl (C=O) groups excluding carboxylic acids is 1. The van der Waals surface area contributed by atoms with Gasteiger partial charge in [0.05, 0.1) is 19.7 Å². The highest BCUT2D eigenvalue weighted by Crippen LogP contribution is 2.31. The molecule has 2 saturated heterocycles. The lowest BCUT2D eigenvalue weighted by atomic mass is 10.1. The predicted molar refractivity (Wildman–Crippen MR) is 52.5 cm³/mol. The Labute approximate surface area is 89.0 Å². The van der Waals surface area contributed by atoms with Crippen molar-refractivity contribution in [2.45, 2.75) is 38.1 Å². The maximum Gasteiger partial charge on any atom is 0.409 e. The molecule has 0 spiro atoms. The van der Waals surface area contributed by atoms with Gasteiger partial charge >= 0.3 is 6.09 Å². The molecule has 2 heterocycles. The SMILES string of the molecule is CCCCOC(=O)N1C[C@@H](O)[C@H]2O[C@H]2C1. The second-order valence-corrected chi connectivity index (χ2v) is 4.08. The van der Waals surface area contributed by atoms with Gasteiger partial charge in [0.1, 0.15) is 18.3 Å². The van der Waals surface area contributed by atoms with E-state index >= 15 is 0 Å². The Kier molecular flexibility index (Phi) is 3.11. The zero-order valence-electron chi connectivity index (χ0n) is 8.89. The molecule has 2 aliphatic heterocycles. The van der Waals surface area contributed by atoms with Gasteiger partial charge in [0.25, 0.3) is 0 Å². The van der Waals surface area contributed by atoms with Gasteiger partial charge in [0.2, 0.25) is 0 Å². The fourth-order valence-corrected chi connectivity index (χ4v) is 1.81. The van der Waals surface area contributed by atoms with Crippen LogP contribution in [0, 0.1) is 0 Å². The monoisotopic (exact) mass is 215 g/mol. The van der Waals surface area contributed by atoms with E-state index in [9.17, 15) is 9.90 Å². The molecular formula is C10H17NO4. The quantitative estimate of drug-likeness (QED) is 0.545. The fourth-order valence-electron chi connectivity index (χ4n) is 1.81. The van der Waals surface area contributed by atoms with E-state index in [4.69, 9.17) is 9.47 Å². The average molecular weight is 215 g/mol. The van der Waals surface area contributed by atoms with Gasteiger partial charge in [-0.1, -0.05) is 13.3 Å². The van der Waals surface area contributed by atoms with Crippen LogP contribution < -0.4 is 0 Å². The van der Waals surface area contributed by atoms with Crippen LogP contribution in [-0.4, -0.2) is 54.1 Å². The van der Waals surface area contributed by atoms with Gasteiger partial charge < -0.3 is 19.5 Å². The van der Waals surface area contributed by atoms with Crippen molar-refractivity contribution in [2.24, 2.45) is 0 Å². The van der Waals surface area contributed by atoms with E-state index in [2.05, 4.69) is 0 Å². The minimum Gasteiger partial charge on any atom is -0.449 e. The largest absolute Gasteiger partial charge is 0.449 e. The van der Waals surface area contributed by atoms with Crippen molar-refractivity contribution in [2.75, 3.05) is 19.7 Å². The van der Waals surface area contributed by atoms with Crippen LogP contribution in [0.4, 0.5) is 4.79 Å². The van der Waals surface area contributed by atoms with Crippen LogP contribution in [0.15, 0.2) is 0 Å². The summed E-state index contributed by atoms with van der Waals surface area (Å²) < 4.78 is 10.3. The molecular weight excluding hydrogens is 198 g/mol. The van der Waals surface area contributed by atoms with Gasteiger partial charge in [0, 0.05) is 0 Å². The number of hydrogen-bond acceptors (Lipinski definition) is 4. The molecule has 2 rings (SSSR count). The summed E-state index contributed by atoms with van der Waals surface area (Å²) in [6.07, 6.45) is 0.963. The number of likely N-dealkylation sites (tertiary alicyclic amines) is 1. The highest BCUT2D eigenvalue weighted by Gasteiger charge is 2.50. The zero-order chi connectivity index (χ0) is 10.8. The molecule has 2 aliphatic rings. The molecule has 0 aromatic heterocycles. The lowest BCUT2D eigenvalue weighted by molar-refractivity contribution is 0.0580. The number of aliphatic hydroxyl groups is 1. The normalized spacial score (nSPS) is 33.5. The van der Waals surface area contributed by atoms with Crippen molar-refractivity contribution in [3.8, 4) is 0 Å². The molecule has 0 radical (unpaired) electrons. The van der Waals surface area contributed by atoms with Crippen LogP contribution in [0.2, 0.25) is 0 Å². The first-order chi connectivity index (χ1) is 7.22. The maximum absolute atomic E-state index is 11.5. The Morgan fingerprint density at radius 2 is 2.40 bits per heavy atom. The third-order valence-corrected chi connectivity index (χ3v) is 2.79. The Balaban J connectivity index is 1.75. The van der Waals surface area contributed by atoms with Gasteiger partial charge in [-0.25, -0.2) is 4.79 Å². The molecule has 0 aliphatic carbocycles. The van der Waals surface area contributed by atoms with E-state index in [0.29, 0.717) is 19.7 Å². The molecule has 5 nitrogen and oxygen atoms in total. The molecule has 5 heteroatoms. The first kappa shape index (κ1) is 10.7. The molecule has 0 aromatic rings. The third-order valence-electron chi connectivity index (χ3n) is 2.79. The number of unbranched alkanes of at least 4 members (excludes halogenated alkanes) is 1. The highest BCUT2D eigenvalue weighted by molar-refractivity contribution is 5.68. The number of amides is 1. The standard InChI is InChI=1S/C10H17NO4/c1-2-3-4-14-10(13)11-5-7(12)9-8(6-11)15-9/h7-9,12H,2-6H2,1H3/t7-,8+,9-/m1/s1. The Morgan fingerprint density at radius 3 is 3.07 bits per heavy atom. The second-order valence-electron chi connectivity index (χ2n) is 4.08. The minimum atomic E-state index is -0.553. The maximum atomic E-state index is 11.5. The summed E-state index contributed by atoms with van der Waals surface area (Å²) in [5.41, 5.74) is 0. The smallest absolute Gasteiger partial charge is 0.409 e. The lowest BCUT2D eigenvalue weighted by Crippen LogP contribution is -2.46. The van der Waals surface area contributed by atoms with Crippen molar-refractivity contribution >= 4 is 6.09 Å². The van der Waals surface area contributed by atoms with E-state index in [1.807, 2.05) is 6.92 Å². The van der Waals surface area contributed by atoms with E-state index in [0.717, 1.165) is 12.8 Å². The molecule has 15 heavy (non-hydrogen) atoms. The van der Waals surface area contributed by atoms with Gasteiger partial charge in [-0.3, -0.25) is 0 Å². The van der Waals surface area contributed by atoms with Gasteiger partial charge in [-0.2, -0.15) is 0 Å². The van der Waals surface area contributed by atoms with Crippen LogP contribution in [0.1, 0.15) is 19.8 Å². The Hall–Kier alpha value is -0.810. The number of epoxide rings is 1. The van der Waals surface area contributed by atoms with Crippen LogP contribution >= 0.6 is 0 Å². The summed E-state index contributed by atoms with van der Waals surface area (Å²) >= 11 is 0. The number of rotatable bonds is 3. The number of fused-ring (bicyclic) bond motifs is 1. The molecule has 0 saturated carbocycles. The molecule has 2 fully saturated rings. The molecule has 0 bridgehead atoms. The molecule has 1 amide bonds. The summed E-state index contributed by atoms with van der Waals surface area (Å²) in [4.78, 5) is 13.0. The van der Waals surface area contributed by atoms with Crippen molar-refractivity contribution in [3.05, 3.63) is 0 Å². The predicted octanol–water partition coefficient (Wildman–Crippen LogP) is 0.367. The topological polar surface area (TPSA) is 62.3 Å². The molecule has 1 N–H and O–H groups in total. The van der Waals surface area contributed by atoms with E-state index in [1.165, 1.54) is 4.90 Å². The summed E-state index contributed by atoms with van der Waals surface area (Å²) in [5.74, 6) is 0. The van der Waals surface area contributed by atoms with Gasteiger partial charge in [-0.05, 0) is 6.42 Å². The Bertz CT molecular complexity index is 246. The summed E-state index contributed by atoms with van der Waals surface area (Å²) in [5, 5.41) is 9.54. The van der Waals surface area contributed by atoms with Crippen molar-refractivity contribution < 1.29 is 19.4 Å². The number of piperidine rings is 1. The summed E-state index contributed by atoms with van der Waals surface area (Å²) in [6, 6.07) is 0. The van der Waals surface area contributed by atoms with Gasteiger partial charge in [0.15, 0.2) is 0 Å². The highest BCUT2D eigenvalue weighted by atomic mass is 16.6. The number of ether oxygens (including phenoxy) is 2. The minimum absolute atomic E-state index is 0.0208.